The van der Waals surface area contributed by atoms with Crippen LogP contribution in [0.2, 0.25) is 0 Å². The molecule has 8 heteroatoms. The van der Waals surface area contributed by atoms with E-state index in [-0.39, 0.29) is 30.2 Å². The number of carbonyl (C=O) groups excluding carboxylic acids is 1. The van der Waals surface area contributed by atoms with Crippen LogP contribution < -0.4 is 0 Å². The van der Waals surface area contributed by atoms with Crippen molar-refractivity contribution in [2.45, 2.75) is 82.2 Å². The molecule has 0 aromatic heterocycles. The Morgan fingerprint density at radius 2 is 1.74 bits per heavy atom. The molecule has 2 aromatic carbocycles. The number of carbonyl (C=O) groups is 1. The van der Waals surface area contributed by atoms with Gasteiger partial charge in [0, 0.05) is 19.1 Å². The normalized spacial score (nSPS) is 26.9. The van der Waals surface area contributed by atoms with Gasteiger partial charge in [0.2, 0.25) is 0 Å². The Morgan fingerprint density at radius 3 is 2.38 bits per heavy atom. The van der Waals surface area contributed by atoms with Crippen molar-refractivity contribution in [3.63, 3.8) is 0 Å². The van der Waals surface area contributed by atoms with E-state index < -0.39 is 17.3 Å². The molecule has 0 N–H and O–H groups in total. The quantitative estimate of drug-likeness (QED) is 0.427. The number of rotatable bonds is 4. The summed E-state index contributed by atoms with van der Waals surface area (Å²) in [6, 6.07) is 9.60. The van der Waals surface area contributed by atoms with Crippen LogP contribution in [-0.2, 0) is 28.7 Å². The van der Waals surface area contributed by atoms with E-state index in [2.05, 4.69) is 4.90 Å². The van der Waals surface area contributed by atoms with Crippen LogP contribution in [-0.4, -0.2) is 53.6 Å². The Balaban J connectivity index is 1.09. The number of halogens is 4. The second kappa shape index (κ2) is 10.2. The van der Waals surface area contributed by atoms with E-state index in [9.17, 15) is 22.4 Å². The summed E-state index contributed by atoms with van der Waals surface area (Å²) in [6.45, 7) is 4.92. The van der Waals surface area contributed by atoms with Gasteiger partial charge in [0.05, 0.1) is 12.2 Å². The number of amides is 1. The van der Waals surface area contributed by atoms with Gasteiger partial charge in [-0.25, -0.2) is 4.39 Å². The summed E-state index contributed by atoms with van der Waals surface area (Å²) in [5.74, 6) is 0.416. The van der Waals surface area contributed by atoms with Crippen LogP contribution in [0.25, 0.3) is 0 Å². The molecule has 0 radical (unpaired) electrons. The van der Waals surface area contributed by atoms with E-state index in [0.717, 1.165) is 56.8 Å². The van der Waals surface area contributed by atoms with Gasteiger partial charge in [-0.3, -0.25) is 9.69 Å². The van der Waals surface area contributed by atoms with E-state index in [1.807, 2.05) is 19.1 Å². The smallest absolute Gasteiger partial charge is 0.363 e. The van der Waals surface area contributed by atoms with Gasteiger partial charge in [-0.1, -0.05) is 18.2 Å². The molecular formula is C31H36F4N2O2. The molecule has 6 rings (SSSR count). The lowest BCUT2D eigenvalue weighted by Gasteiger charge is -2.46. The molecule has 3 aliphatic heterocycles. The number of likely N-dealkylation sites (tertiary alicyclic amines) is 1. The highest BCUT2D eigenvalue weighted by atomic mass is 19.4. The van der Waals surface area contributed by atoms with Gasteiger partial charge in [0.1, 0.15) is 11.4 Å². The fourth-order valence-corrected chi connectivity index (χ4v) is 6.98. The zero-order valence-corrected chi connectivity index (χ0v) is 22.4. The maximum absolute atomic E-state index is 13.9. The second-order valence-electron chi connectivity index (χ2n) is 11.9. The Hall–Kier alpha value is -2.45. The van der Waals surface area contributed by atoms with Crippen molar-refractivity contribution in [3.8, 4) is 0 Å². The van der Waals surface area contributed by atoms with Crippen molar-refractivity contribution < 1.29 is 27.1 Å². The molecule has 1 aliphatic carbocycles. The molecule has 0 spiro atoms. The monoisotopic (exact) mass is 544 g/mol. The lowest BCUT2D eigenvalue weighted by atomic mass is 9.83. The van der Waals surface area contributed by atoms with Crippen LogP contribution in [0.15, 0.2) is 36.4 Å². The minimum Gasteiger partial charge on any atom is -0.363 e. The van der Waals surface area contributed by atoms with Crippen LogP contribution in [0.3, 0.4) is 0 Å². The predicted molar refractivity (Wildman–Crippen MR) is 140 cm³/mol. The lowest BCUT2D eigenvalue weighted by molar-refractivity contribution is -0.177. The first kappa shape index (κ1) is 26.8. The summed E-state index contributed by atoms with van der Waals surface area (Å²) in [6.07, 6.45) is 1.65. The van der Waals surface area contributed by atoms with Gasteiger partial charge in [-0.2, -0.15) is 13.2 Å². The third kappa shape index (κ3) is 5.22. The highest BCUT2D eigenvalue weighted by molar-refractivity contribution is 5.86. The average molecular weight is 545 g/mol. The van der Waals surface area contributed by atoms with Gasteiger partial charge in [0.25, 0.3) is 5.91 Å². The van der Waals surface area contributed by atoms with Gasteiger partial charge in [0.15, 0.2) is 0 Å². The largest absolute Gasteiger partial charge is 0.416 e. The van der Waals surface area contributed by atoms with E-state index in [1.54, 1.807) is 17.0 Å². The number of alkyl halides is 3. The topological polar surface area (TPSA) is 32.8 Å². The molecule has 1 saturated carbocycles. The molecule has 4 nitrogen and oxygen atoms in total. The zero-order chi connectivity index (χ0) is 27.4. The third-order valence-corrected chi connectivity index (χ3v) is 9.51. The lowest BCUT2D eigenvalue weighted by Crippen LogP contribution is -2.58. The first-order valence-electron chi connectivity index (χ1n) is 14.3. The second-order valence-corrected chi connectivity index (χ2v) is 11.9. The number of fused-ring (bicyclic) bond motifs is 1. The van der Waals surface area contributed by atoms with Crippen molar-refractivity contribution in [3.05, 3.63) is 70.0 Å². The number of hydrogen-bond donors (Lipinski definition) is 0. The van der Waals surface area contributed by atoms with Crippen LogP contribution in [0.4, 0.5) is 17.6 Å². The molecule has 3 heterocycles. The highest BCUT2D eigenvalue weighted by Gasteiger charge is 2.55. The van der Waals surface area contributed by atoms with Crippen LogP contribution in [0.1, 0.15) is 72.3 Å². The van der Waals surface area contributed by atoms with Crippen molar-refractivity contribution in [2.24, 2.45) is 5.92 Å². The van der Waals surface area contributed by atoms with Gasteiger partial charge in [-0.05, 0) is 117 Å². The molecule has 0 bridgehead atoms. The number of piperidine rings is 1. The Morgan fingerprint density at radius 1 is 0.974 bits per heavy atom. The molecule has 0 unspecified atom stereocenters. The summed E-state index contributed by atoms with van der Waals surface area (Å²) >= 11 is 0. The Bertz CT molecular complexity index is 1230. The van der Waals surface area contributed by atoms with E-state index in [4.69, 9.17) is 4.74 Å². The number of benzene rings is 2. The summed E-state index contributed by atoms with van der Waals surface area (Å²) in [5.41, 5.74) is 1.86. The fourth-order valence-electron chi connectivity index (χ4n) is 6.98. The fraction of sp³-hybridized carbons (Fsp3) is 0.581. The van der Waals surface area contributed by atoms with Crippen molar-refractivity contribution in [1.29, 1.82) is 0 Å². The molecule has 1 amide bonds. The molecule has 2 saturated heterocycles. The van der Waals surface area contributed by atoms with Crippen molar-refractivity contribution >= 4 is 5.91 Å². The summed E-state index contributed by atoms with van der Waals surface area (Å²) in [4.78, 5) is 18.1. The van der Waals surface area contributed by atoms with E-state index >= 15 is 0 Å². The van der Waals surface area contributed by atoms with Crippen molar-refractivity contribution in [2.75, 3.05) is 26.2 Å². The van der Waals surface area contributed by atoms with E-state index in [0.29, 0.717) is 43.0 Å². The van der Waals surface area contributed by atoms with Crippen LogP contribution >= 0.6 is 0 Å². The summed E-state index contributed by atoms with van der Waals surface area (Å²) in [5, 5.41) is 0. The highest BCUT2D eigenvalue weighted by Crippen LogP contribution is 2.48. The number of hydrogen-bond acceptors (Lipinski definition) is 3. The number of nitrogens with zero attached hydrogens (tertiary/aromatic N) is 2. The maximum Gasteiger partial charge on any atom is 0.416 e. The van der Waals surface area contributed by atoms with Gasteiger partial charge < -0.3 is 9.64 Å². The van der Waals surface area contributed by atoms with Crippen LogP contribution in [0, 0.1) is 18.7 Å². The number of aryl methyl sites for hydroxylation is 1. The molecular weight excluding hydrogens is 508 g/mol. The molecule has 4 aliphatic rings. The molecule has 2 aromatic rings. The third-order valence-electron chi connectivity index (χ3n) is 9.51. The Labute approximate surface area is 227 Å². The van der Waals surface area contributed by atoms with Gasteiger partial charge in [-0.15, -0.1) is 0 Å². The van der Waals surface area contributed by atoms with Crippen molar-refractivity contribution in [1.82, 2.24) is 9.80 Å². The van der Waals surface area contributed by atoms with Gasteiger partial charge >= 0.3 is 6.18 Å². The molecule has 2 atom stereocenters. The standard InChI is InChI=1S/C31H36F4N2O2/c1-20-16-23(3-7-28(20)32)22-9-13-36(14-10-22)27-8-12-30(39-19-27,25-5-6-25)29(38)37-15-11-21-2-4-26(31(33,34)35)17-24(21)18-37/h2-4,7,16-17,22,25,27H,5-6,8-15,18-19H2,1H3/t27-,30+/m1/s1. The minimum absolute atomic E-state index is 0.0445. The minimum atomic E-state index is -4.40. The molecule has 3 fully saturated rings. The maximum atomic E-state index is 13.9. The van der Waals surface area contributed by atoms with E-state index in [1.165, 1.54) is 11.6 Å². The zero-order valence-electron chi connectivity index (χ0n) is 22.4. The van der Waals surface area contributed by atoms with Crippen LogP contribution in [0.5, 0.6) is 0 Å². The number of ether oxygens (including phenoxy) is 1. The Kier molecular flexibility index (Phi) is 6.99. The SMILES string of the molecule is Cc1cc(C2CCN([C@@H]3CC[C@@](C(=O)N4CCc5ccc(C(F)(F)F)cc5C4)(C4CC4)OC3)CC2)ccc1F. The predicted octanol–water partition coefficient (Wildman–Crippen LogP) is 6.25. The first-order chi connectivity index (χ1) is 18.6. The summed E-state index contributed by atoms with van der Waals surface area (Å²) in [7, 11) is 0. The average Bonchev–Trinajstić information content (AvgIpc) is 3.79. The first-order valence-corrected chi connectivity index (χ1v) is 14.3. The molecule has 39 heavy (non-hydrogen) atoms. The summed E-state index contributed by atoms with van der Waals surface area (Å²) < 4.78 is 60.1. The molecule has 210 valence electrons.